The van der Waals surface area contributed by atoms with E-state index in [9.17, 15) is 40.2 Å². The third-order valence-corrected chi connectivity index (χ3v) is 16.2. The zero-order valence-electron chi connectivity index (χ0n) is 46.7. The van der Waals surface area contributed by atoms with Crippen LogP contribution < -0.4 is 11.1 Å². The highest BCUT2D eigenvalue weighted by Crippen LogP contribution is 2.40. The molecule has 0 bridgehead atoms. The van der Waals surface area contributed by atoms with Gasteiger partial charge in [0.25, 0.3) is 0 Å². The molecule has 1 amide bonds. The van der Waals surface area contributed by atoms with Gasteiger partial charge in [-0.05, 0) is 98.9 Å². The van der Waals surface area contributed by atoms with Gasteiger partial charge in [0.2, 0.25) is 11.9 Å². The molecule has 21 nitrogen and oxygen atoms in total. The molecule has 4 heterocycles. The Balaban J connectivity index is 1.40. The minimum absolute atomic E-state index is 0.00215. The number of hydrogen-bond donors (Lipinski definition) is 8. The number of nitrogens with two attached hydrogens (primary N) is 1. The summed E-state index contributed by atoms with van der Waals surface area (Å²) in [6.07, 6.45) is -7.32. The van der Waals surface area contributed by atoms with Crippen LogP contribution in [0.4, 0.5) is 5.95 Å². The van der Waals surface area contributed by atoms with Gasteiger partial charge in [-0.3, -0.25) is 9.59 Å². The van der Waals surface area contributed by atoms with Crippen molar-refractivity contribution >= 4 is 17.8 Å². The molecule has 426 valence electrons. The molecule has 9 N–H and O–H groups in total. The Morgan fingerprint density at radius 2 is 1.60 bits per heavy atom. The van der Waals surface area contributed by atoms with Crippen molar-refractivity contribution in [2.45, 2.75) is 204 Å². The van der Waals surface area contributed by atoms with Crippen LogP contribution in [0.5, 0.6) is 0 Å². The van der Waals surface area contributed by atoms with Gasteiger partial charge < -0.3 is 84.6 Å². The molecule has 3 fully saturated rings. The molecular weight excluding hydrogens is 973 g/mol. The fourth-order valence-electron chi connectivity index (χ4n) is 11.5. The molecule has 2 aromatic rings. The third-order valence-electron chi connectivity index (χ3n) is 16.2. The van der Waals surface area contributed by atoms with Crippen LogP contribution in [0.3, 0.4) is 0 Å². The van der Waals surface area contributed by atoms with E-state index in [2.05, 4.69) is 15.3 Å². The van der Waals surface area contributed by atoms with Crippen molar-refractivity contribution in [2.24, 2.45) is 17.8 Å². The smallest absolute Gasteiger partial charge is 0.311 e. The molecule has 1 aromatic heterocycles. The first kappa shape index (κ1) is 62.3. The highest BCUT2D eigenvalue weighted by Gasteiger charge is 2.53. The lowest BCUT2D eigenvalue weighted by Crippen LogP contribution is -2.61. The van der Waals surface area contributed by atoms with Crippen LogP contribution >= 0.6 is 0 Å². The average Bonchev–Trinajstić information content (AvgIpc) is 3.36. The zero-order valence-corrected chi connectivity index (χ0v) is 46.7. The first-order valence-electron chi connectivity index (χ1n) is 26.5. The van der Waals surface area contributed by atoms with E-state index in [4.69, 9.17) is 38.9 Å². The van der Waals surface area contributed by atoms with E-state index in [-0.39, 0.29) is 50.0 Å². The maximum Gasteiger partial charge on any atom is 0.311 e. The van der Waals surface area contributed by atoms with Gasteiger partial charge in [-0.25, -0.2) is 9.97 Å². The van der Waals surface area contributed by atoms with Crippen molar-refractivity contribution in [1.82, 2.24) is 25.1 Å². The van der Waals surface area contributed by atoms with E-state index in [0.717, 1.165) is 16.7 Å². The van der Waals surface area contributed by atoms with Gasteiger partial charge in [-0.2, -0.15) is 0 Å². The van der Waals surface area contributed by atoms with Crippen LogP contribution in [0.15, 0.2) is 36.7 Å². The molecule has 3 saturated heterocycles. The molecule has 21 heteroatoms. The number of aliphatic hydroxyl groups excluding tert-OH is 4. The van der Waals surface area contributed by atoms with Crippen LogP contribution in [-0.4, -0.2) is 207 Å². The summed E-state index contributed by atoms with van der Waals surface area (Å²) >= 11 is 0. The number of nitrogens with one attached hydrogen (secondary N) is 1. The fourth-order valence-corrected chi connectivity index (χ4v) is 11.5. The van der Waals surface area contributed by atoms with Crippen LogP contribution in [0.25, 0.3) is 11.1 Å². The monoisotopic (exact) mass is 1060 g/mol. The number of aliphatic hydroxyl groups is 6. The number of cyclic esters (lactones) is 1. The number of carbonyl (C=O) groups excluding carboxylic acids is 2. The van der Waals surface area contributed by atoms with Crippen molar-refractivity contribution in [3.8, 4) is 11.1 Å². The summed E-state index contributed by atoms with van der Waals surface area (Å²) in [6, 6.07) is 5.44. The Hall–Kier alpha value is -3.52. The maximum atomic E-state index is 14.5. The number of aromatic nitrogens is 2. The minimum Gasteiger partial charge on any atom is -0.459 e. The number of ether oxygens (including phenoxy) is 7. The van der Waals surface area contributed by atoms with Crippen molar-refractivity contribution < 1.29 is 73.4 Å². The standard InChI is InChI=1S/C54H90N6O15/c1-15-40-54(10,68)46(64)33(6)60(12)27-29(2)23-52(8,67)48(31(4)44(32(5)49(66)73-40)74-42-24-53(9,70-14)47(65)34(7)72-42)75-50-43(63)39(22-30(3)71-50)59(11)21-20-41(62)58-38(28-61)45(69-13)36-18-16-35(17-19-36)37-25-56-51(55)57-26-37/h16-19,25-26,29-34,38-40,42-48,50,61,63-65,67-68H,15,20-24,27-28H2,1-14H3,(H,58,62)(H2,55,56,57)/t29-,30-,31+,32-,33-,34+,38-,39+,40-,42+,43-,44+,45-,46-,47+,48-,50+,52?,53?,54?/m1/s1. The van der Waals surface area contributed by atoms with Crippen LogP contribution in [0.2, 0.25) is 0 Å². The Morgan fingerprint density at radius 3 is 2.19 bits per heavy atom. The molecule has 0 radical (unpaired) electrons. The number of nitrogens with zero attached hydrogens (tertiary/aromatic N) is 4. The highest BCUT2D eigenvalue weighted by atomic mass is 16.7. The normalized spacial score (nSPS) is 38.7. The largest absolute Gasteiger partial charge is 0.459 e. The second-order valence-corrected chi connectivity index (χ2v) is 22.4. The van der Waals surface area contributed by atoms with Crippen LogP contribution in [0.1, 0.15) is 113 Å². The summed E-state index contributed by atoms with van der Waals surface area (Å²) in [7, 11) is 6.59. The number of rotatable bonds is 16. The lowest BCUT2D eigenvalue weighted by molar-refractivity contribution is -0.318. The Kier molecular flexibility index (Phi) is 22.0. The molecule has 75 heavy (non-hydrogen) atoms. The van der Waals surface area contributed by atoms with E-state index < -0.39 is 127 Å². The van der Waals surface area contributed by atoms with E-state index >= 15 is 0 Å². The van der Waals surface area contributed by atoms with Gasteiger partial charge in [0.15, 0.2) is 12.6 Å². The van der Waals surface area contributed by atoms with Gasteiger partial charge in [-0.1, -0.05) is 45.0 Å². The quantitative estimate of drug-likeness (QED) is 0.112. The molecule has 5 rings (SSSR count). The van der Waals surface area contributed by atoms with Gasteiger partial charge in [0, 0.05) is 76.1 Å². The number of hydrogen-bond acceptors (Lipinski definition) is 20. The number of carbonyl (C=O) groups is 2. The number of nitrogen functional groups attached to an aromatic ring is 1. The van der Waals surface area contributed by atoms with Gasteiger partial charge >= 0.3 is 5.97 Å². The van der Waals surface area contributed by atoms with Crippen molar-refractivity contribution in [3.63, 3.8) is 0 Å². The van der Waals surface area contributed by atoms with Crippen LogP contribution in [0, 0.1) is 17.8 Å². The van der Waals surface area contributed by atoms with Crippen molar-refractivity contribution in [1.29, 1.82) is 0 Å². The first-order chi connectivity index (χ1) is 35.1. The summed E-state index contributed by atoms with van der Waals surface area (Å²) in [6.45, 7) is 17.4. The number of likely N-dealkylation sites (N-methyl/N-ethyl adjacent to an activating group) is 2. The summed E-state index contributed by atoms with van der Waals surface area (Å²) in [4.78, 5) is 40.0. The molecule has 20 atom stereocenters. The molecular formula is C54H90N6O15. The SMILES string of the molecule is CC[C@H]1OC(=O)[C@H](C)[C@@H](O[C@H]2CC(C)(OC)[C@@H](O)[C@H](C)O2)[C@H](C)[C@@H](O[C@@H]2O[C@H](C)C[C@H](N(C)CCC(=O)N[C@H](CO)[C@H](OC)c3ccc(-c4cnc(N)nc4)cc3)[C@H]2O)C(C)(O)C[C@@H](C)CN(C)[C@H](C)[C@@H](O)C1(C)O. The van der Waals surface area contributed by atoms with Crippen molar-refractivity contribution in [3.05, 3.63) is 42.2 Å². The molecule has 0 aliphatic carbocycles. The number of anilines is 1. The van der Waals surface area contributed by atoms with Crippen molar-refractivity contribution in [2.75, 3.05) is 53.7 Å². The number of amides is 1. The predicted molar refractivity (Wildman–Crippen MR) is 278 cm³/mol. The lowest BCUT2D eigenvalue weighted by atomic mass is 9.77. The number of methoxy groups -OCH3 is 2. The summed E-state index contributed by atoms with van der Waals surface area (Å²) in [5.41, 5.74) is 3.34. The number of esters is 1. The lowest BCUT2D eigenvalue weighted by Gasteiger charge is -2.49. The second-order valence-electron chi connectivity index (χ2n) is 22.4. The fraction of sp³-hybridized carbons (Fsp3) is 0.778. The molecule has 1 aromatic carbocycles. The summed E-state index contributed by atoms with van der Waals surface area (Å²) in [5.74, 6) is -3.15. The minimum atomic E-state index is -1.86. The van der Waals surface area contributed by atoms with E-state index in [0.29, 0.717) is 13.0 Å². The molecule has 0 spiro atoms. The Labute approximate surface area is 443 Å². The third kappa shape index (κ3) is 15.0. The summed E-state index contributed by atoms with van der Waals surface area (Å²) in [5, 5.41) is 73.1. The Bertz CT molecular complexity index is 2110. The Morgan fingerprint density at radius 1 is 0.960 bits per heavy atom. The van der Waals surface area contributed by atoms with Gasteiger partial charge in [-0.15, -0.1) is 0 Å². The van der Waals surface area contributed by atoms with E-state index in [1.54, 1.807) is 67.9 Å². The first-order valence-corrected chi connectivity index (χ1v) is 26.5. The molecule has 3 unspecified atom stereocenters. The zero-order chi connectivity index (χ0) is 55.9. The number of benzene rings is 1. The van der Waals surface area contributed by atoms with Gasteiger partial charge in [0.1, 0.15) is 36.1 Å². The van der Waals surface area contributed by atoms with Crippen LogP contribution in [-0.2, 0) is 42.7 Å². The molecule has 3 aliphatic rings. The maximum absolute atomic E-state index is 14.5. The highest BCUT2D eigenvalue weighted by molar-refractivity contribution is 5.76. The average molecular weight is 1060 g/mol. The summed E-state index contributed by atoms with van der Waals surface area (Å²) < 4.78 is 44.0. The molecule has 0 saturated carbocycles. The van der Waals surface area contributed by atoms with E-state index in [1.807, 2.05) is 55.0 Å². The molecule has 3 aliphatic heterocycles. The predicted octanol–water partition coefficient (Wildman–Crippen LogP) is 2.57. The second kappa shape index (κ2) is 26.4. The van der Waals surface area contributed by atoms with Gasteiger partial charge in [0.05, 0.1) is 54.2 Å². The topological polar surface area (TPSA) is 290 Å². The van der Waals surface area contributed by atoms with E-state index in [1.165, 1.54) is 21.1 Å².